The predicted molar refractivity (Wildman–Crippen MR) is 190 cm³/mol. The molecule has 0 radical (unpaired) electrons. The van der Waals surface area contributed by atoms with Crippen LogP contribution in [0, 0.1) is 0 Å². The SMILES string of the molecule is Cn1cncc1C(OC(c1cccc(-c2cccc3ccccc23)c1)c1cncn1C)c1cccc(-c2cccc3ccccc23)c1. The van der Waals surface area contributed by atoms with Gasteiger partial charge in [-0.3, -0.25) is 0 Å². The predicted octanol–water partition coefficient (Wildman–Crippen LogP) is 9.69. The van der Waals surface area contributed by atoms with Crippen molar-refractivity contribution in [2.75, 3.05) is 0 Å². The van der Waals surface area contributed by atoms with Crippen LogP contribution in [0.15, 0.2) is 159 Å². The molecule has 2 unspecified atom stereocenters. The van der Waals surface area contributed by atoms with Gasteiger partial charge in [-0.1, -0.05) is 121 Å². The summed E-state index contributed by atoms with van der Waals surface area (Å²) in [4.78, 5) is 9.00. The molecule has 8 rings (SSSR count). The normalized spacial score (nSPS) is 12.8. The Hall–Kier alpha value is -5.78. The Kier molecular flexibility index (Phi) is 7.44. The lowest BCUT2D eigenvalue weighted by molar-refractivity contribution is 0.0233. The summed E-state index contributed by atoms with van der Waals surface area (Å²) in [6.07, 6.45) is 6.67. The highest BCUT2D eigenvalue weighted by Gasteiger charge is 2.28. The third-order valence-electron chi connectivity index (χ3n) is 9.10. The lowest BCUT2D eigenvalue weighted by Crippen LogP contribution is -2.17. The Morgan fingerprint density at radius 2 is 0.915 bits per heavy atom. The van der Waals surface area contributed by atoms with E-state index >= 15 is 0 Å². The summed E-state index contributed by atoms with van der Waals surface area (Å²) in [5, 5.41) is 4.89. The van der Waals surface area contributed by atoms with Crippen molar-refractivity contribution >= 4 is 21.5 Å². The zero-order chi connectivity index (χ0) is 31.7. The average Bonchev–Trinajstić information content (AvgIpc) is 3.75. The fraction of sp³-hybridized carbons (Fsp3) is 0.0952. The van der Waals surface area contributed by atoms with Crippen LogP contribution in [0.25, 0.3) is 43.8 Å². The van der Waals surface area contributed by atoms with E-state index in [0.717, 1.165) is 33.6 Å². The minimum atomic E-state index is -0.404. The van der Waals surface area contributed by atoms with Gasteiger partial charge in [-0.25, -0.2) is 9.97 Å². The molecule has 2 aromatic heterocycles. The number of imidazole rings is 2. The molecule has 5 nitrogen and oxygen atoms in total. The van der Waals surface area contributed by atoms with Gasteiger partial charge in [0, 0.05) is 14.1 Å². The Bertz CT molecular complexity index is 2170. The highest BCUT2D eigenvalue weighted by Crippen LogP contribution is 2.39. The first-order valence-corrected chi connectivity index (χ1v) is 15.9. The molecule has 0 aliphatic heterocycles. The van der Waals surface area contributed by atoms with Crippen LogP contribution in [0.2, 0.25) is 0 Å². The molecular weight excluding hydrogens is 576 g/mol. The van der Waals surface area contributed by atoms with Crippen molar-refractivity contribution in [3.63, 3.8) is 0 Å². The Balaban J connectivity index is 1.25. The molecule has 8 aromatic rings. The first kappa shape index (κ1) is 28.7. The molecule has 2 atom stereocenters. The molecule has 0 bridgehead atoms. The number of benzene rings is 6. The number of nitrogens with zero attached hydrogens (tertiary/aromatic N) is 4. The van der Waals surface area contributed by atoms with Crippen LogP contribution in [-0.4, -0.2) is 19.1 Å². The standard InChI is InChI=1S/C42H34N4O/c1-45-27-43-25-39(45)41(33-17-7-15-31(23-33)37-21-9-13-29-11-3-5-19-35(29)37)47-42(40-26-44-28-46(40)2)34-18-8-16-32(24-34)38-22-10-14-30-12-4-6-20-36(30)38/h3-28,41-42H,1-2H3. The maximum atomic E-state index is 7.31. The molecule has 0 amide bonds. The van der Waals surface area contributed by atoms with Gasteiger partial charge in [-0.2, -0.15) is 0 Å². The van der Waals surface area contributed by atoms with Crippen molar-refractivity contribution in [2.45, 2.75) is 12.2 Å². The molecule has 6 aromatic carbocycles. The second-order valence-electron chi connectivity index (χ2n) is 12.1. The van der Waals surface area contributed by atoms with Gasteiger partial charge in [0.25, 0.3) is 0 Å². The van der Waals surface area contributed by atoms with E-state index in [9.17, 15) is 0 Å². The molecule has 0 aliphatic carbocycles. The summed E-state index contributed by atoms with van der Waals surface area (Å²) >= 11 is 0. The molecule has 0 saturated heterocycles. The van der Waals surface area contributed by atoms with Gasteiger partial charge in [-0.15, -0.1) is 0 Å². The van der Waals surface area contributed by atoms with Crippen LogP contribution in [0.1, 0.15) is 34.7 Å². The van der Waals surface area contributed by atoms with Crippen molar-refractivity contribution in [1.82, 2.24) is 19.1 Å². The van der Waals surface area contributed by atoms with Crippen LogP contribution in [0.5, 0.6) is 0 Å². The highest BCUT2D eigenvalue weighted by molar-refractivity contribution is 5.97. The van der Waals surface area contributed by atoms with Gasteiger partial charge in [0.1, 0.15) is 12.2 Å². The zero-order valence-electron chi connectivity index (χ0n) is 26.4. The van der Waals surface area contributed by atoms with Crippen LogP contribution < -0.4 is 0 Å². The highest BCUT2D eigenvalue weighted by atomic mass is 16.5. The van der Waals surface area contributed by atoms with Gasteiger partial charge in [0.05, 0.1) is 36.4 Å². The molecule has 0 spiro atoms. The molecule has 0 fully saturated rings. The fourth-order valence-electron chi connectivity index (χ4n) is 6.71. The summed E-state index contributed by atoms with van der Waals surface area (Å²) in [6.45, 7) is 0. The minimum absolute atomic E-state index is 0.404. The van der Waals surface area contributed by atoms with Gasteiger partial charge >= 0.3 is 0 Å². The zero-order valence-corrected chi connectivity index (χ0v) is 26.4. The minimum Gasteiger partial charge on any atom is -0.353 e. The van der Waals surface area contributed by atoms with Gasteiger partial charge in [0.15, 0.2) is 0 Å². The molecule has 228 valence electrons. The van der Waals surface area contributed by atoms with E-state index in [2.05, 4.69) is 143 Å². The summed E-state index contributed by atoms with van der Waals surface area (Å²) in [6, 6.07) is 47.5. The van der Waals surface area contributed by atoms with E-state index < -0.39 is 12.2 Å². The average molecular weight is 611 g/mol. The summed E-state index contributed by atoms with van der Waals surface area (Å²) in [5.74, 6) is 0. The molecule has 0 aliphatic rings. The van der Waals surface area contributed by atoms with E-state index in [1.807, 2.05) is 48.3 Å². The first-order chi connectivity index (χ1) is 23.1. The lowest BCUT2D eigenvalue weighted by atomic mass is 9.94. The van der Waals surface area contributed by atoms with Crippen LogP contribution in [0.3, 0.4) is 0 Å². The third-order valence-corrected chi connectivity index (χ3v) is 9.10. The van der Waals surface area contributed by atoms with E-state index in [0.29, 0.717) is 0 Å². The second kappa shape index (κ2) is 12.2. The Morgan fingerprint density at radius 3 is 1.36 bits per heavy atom. The van der Waals surface area contributed by atoms with Crippen molar-refractivity contribution in [2.24, 2.45) is 14.1 Å². The molecule has 0 saturated carbocycles. The largest absolute Gasteiger partial charge is 0.353 e. The number of rotatable bonds is 8. The quantitative estimate of drug-likeness (QED) is 0.172. The maximum absolute atomic E-state index is 7.31. The number of fused-ring (bicyclic) bond motifs is 2. The van der Waals surface area contributed by atoms with Crippen molar-refractivity contribution in [1.29, 1.82) is 0 Å². The lowest BCUT2D eigenvalue weighted by Gasteiger charge is -2.27. The summed E-state index contributed by atoms with van der Waals surface area (Å²) < 4.78 is 11.4. The number of hydrogen-bond acceptors (Lipinski definition) is 3. The van der Waals surface area contributed by atoms with E-state index in [4.69, 9.17) is 4.74 Å². The number of hydrogen-bond donors (Lipinski definition) is 0. The molecule has 0 N–H and O–H groups in total. The fourth-order valence-corrected chi connectivity index (χ4v) is 6.71. The third kappa shape index (κ3) is 5.41. The maximum Gasteiger partial charge on any atom is 0.125 e. The molecule has 47 heavy (non-hydrogen) atoms. The second-order valence-corrected chi connectivity index (χ2v) is 12.1. The molecule has 2 heterocycles. The van der Waals surface area contributed by atoms with Crippen molar-refractivity contribution in [3.8, 4) is 22.3 Å². The Morgan fingerprint density at radius 1 is 0.489 bits per heavy atom. The topological polar surface area (TPSA) is 44.9 Å². The monoisotopic (exact) mass is 610 g/mol. The van der Waals surface area contributed by atoms with E-state index in [-0.39, 0.29) is 0 Å². The van der Waals surface area contributed by atoms with Gasteiger partial charge < -0.3 is 13.9 Å². The number of aromatic nitrogens is 4. The first-order valence-electron chi connectivity index (χ1n) is 15.9. The summed E-state index contributed by atoms with van der Waals surface area (Å²) in [5.41, 5.74) is 8.72. The van der Waals surface area contributed by atoms with Crippen molar-refractivity contribution in [3.05, 3.63) is 181 Å². The van der Waals surface area contributed by atoms with Crippen LogP contribution in [0.4, 0.5) is 0 Å². The summed E-state index contributed by atoms with van der Waals surface area (Å²) in [7, 11) is 4.04. The van der Waals surface area contributed by atoms with E-state index in [1.165, 1.54) is 32.7 Å². The Labute approximate surface area is 274 Å². The molecular formula is C42H34N4O. The number of ether oxygens (including phenoxy) is 1. The van der Waals surface area contributed by atoms with Crippen LogP contribution in [-0.2, 0) is 18.8 Å². The number of aryl methyl sites for hydroxylation is 2. The smallest absolute Gasteiger partial charge is 0.125 e. The van der Waals surface area contributed by atoms with Crippen molar-refractivity contribution < 1.29 is 4.74 Å². The van der Waals surface area contributed by atoms with Crippen LogP contribution >= 0.6 is 0 Å². The molecule has 5 heteroatoms. The van der Waals surface area contributed by atoms with Gasteiger partial charge in [0.2, 0.25) is 0 Å². The van der Waals surface area contributed by atoms with E-state index in [1.54, 1.807) is 0 Å². The van der Waals surface area contributed by atoms with Gasteiger partial charge in [-0.05, 0) is 67.1 Å².